The lowest BCUT2D eigenvalue weighted by Gasteiger charge is -2.39. The third-order valence-electron chi connectivity index (χ3n) is 9.54. The number of nitrogens with zero attached hydrogens (tertiary/aromatic N) is 5. The van der Waals surface area contributed by atoms with Crippen LogP contribution < -0.4 is 11.4 Å². The molecule has 2 aromatic heterocycles. The Labute approximate surface area is 266 Å². The smallest absolute Gasteiger partial charge is 0.329 e. The molecule has 0 bridgehead atoms. The molecule has 2 aliphatic heterocycles. The van der Waals surface area contributed by atoms with E-state index in [0.717, 1.165) is 37.1 Å². The van der Waals surface area contributed by atoms with Gasteiger partial charge >= 0.3 is 5.69 Å². The number of piperidine rings is 2. The SMILES string of the molecule is CC(c1ccnc(N)c1)N1CCC(C(=O)N2CCC(n3c(=O)n(C(C)c4ccc(Cl)c(Cl)c4)c4cc(F)ccc43)CC2)CC1. The molecule has 0 aliphatic carbocycles. The molecule has 1 amide bonds. The molecule has 8 nitrogen and oxygen atoms in total. The summed E-state index contributed by atoms with van der Waals surface area (Å²) in [6, 6.07) is 13.4. The van der Waals surface area contributed by atoms with Crippen LogP contribution in [0.1, 0.15) is 68.8 Å². The predicted molar refractivity (Wildman–Crippen MR) is 173 cm³/mol. The summed E-state index contributed by atoms with van der Waals surface area (Å²) in [4.78, 5) is 36.0. The molecule has 2 aliphatic rings. The Morgan fingerprint density at radius 2 is 1.59 bits per heavy atom. The maximum Gasteiger partial charge on any atom is 0.329 e. The van der Waals surface area contributed by atoms with Crippen molar-refractivity contribution in [2.45, 2.75) is 57.7 Å². The summed E-state index contributed by atoms with van der Waals surface area (Å²) in [5, 5.41) is 0.829. The van der Waals surface area contributed by atoms with E-state index in [4.69, 9.17) is 28.9 Å². The summed E-state index contributed by atoms with van der Waals surface area (Å²) >= 11 is 12.4. The van der Waals surface area contributed by atoms with Crippen LogP contribution >= 0.6 is 23.2 Å². The van der Waals surface area contributed by atoms with Gasteiger partial charge in [-0.15, -0.1) is 0 Å². The van der Waals surface area contributed by atoms with Gasteiger partial charge in [0.05, 0.1) is 27.1 Å². The molecule has 2 N–H and O–H groups in total. The zero-order valence-corrected chi connectivity index (χ0v) is 26.4. The highest BCUT2D eigenvalue weighted by atomic mass is 35.5. The lowest BCUT2D eigenvalue weighted by molar-refractivity contribution is -0.138. The summed E-state index contributed by atoms with van der Waals surface area (Å²) in [5.74, 6) is 0.310. The maximum atomic E-state index is 14.5. The molecule has 2 aromatic carbocycles. The van der Waals surface area contributed by atoms with Gasteiger partial charge < -0.3 is 10.6 Å². The van der Waals surface area contributed by atoms with E-state index >= 15 is 0 Å². The second-order valence-corrected chi connectivity index (χ2v) is 12.9. The molecule has 4 aromatic rings. The number of hydrogen-bond donors (Lipinski definition) is 1. The van der Waals surface area contributed by atoms with Crippen molar-refractivity contribution in [3.05, 3.63) is 92.2 Å². The number of anilines is 1. The first-order chi connectivity index (χ1) is 21.1. The molecule has 232 valence electrons. The first-order valence-electron chi connectivity index (χ1n) is 15.2. The molecule has 2 saturated heterocycles. The fourth-order valence-electron chi connectivity index (χ4n) is 6.94. The zero-order chi connectivity index (χ0) is 31.1. The number of hydrogen-bond acceptors (Lipinski definition) is 5. The van der Waals surface area contributed by atoms with E-state index in [9.17, 15) is 14.0 Å². The molecule has 0 radical (unpaired) electrons. The van der Waals surface area contributed by atoms with Crippen LogP contribution in [-0.2, 0) is 4.79 Å². The van der Waals surface area contributed by atoms with Gasteiger partial charge in [0.2, 0.25) is 5.91 Å². The Hall–Kier alpha value is -3.40. The highest BCUT2D eigenvalue weighted by molar-refractivity contribution is 6.42. The first-order valence-corrected chi connectivity index (χ1v) is 16.0. The Bertz CT molecular complexity index is 1740. The van der Waals surface area contributed by atoms with Gasteiger partial charge in [-0.1, -0.05) is 29.3 Å². The van der Waals surface area contributed by atoms with E-state index in [1.165, 1.54) is 12.1 Å². The number of halogens is 3. The van der Waals surface area contributed by atoms with Crippen LogP contribution in [0, 0.1) is 11.7 Å². The van der Waals surface area contributed by atoms with E-state index in [1.54, 1.807) is 33.5 Å². The van der Waals surface area contributed by atoms with Crippen LogP contribution in [0.25, 0.3) is 11.0 Å². The van der Waals surface area contributed by atoms with Crippen molar-refractivity contribution in [2.24, 2.45) is 5.92 Å². The number of benzene rings is 2. The second kappa shape index (κ2) is 12.5. The predicted octanol–water partition coefficient (Wildman–Crippen LogP) is 6.47. The third kappa shape index (κ3) is 5.85. The summed E-state index contributed by atoms with van der Waals surface area (Å²) in [6.07, 6.45) is 4.68. The number of fused-ring (bicyclic) bond motifs is 1. The first kappa shape index (κ1) is 30.6. The average Bonchev–Trinajstić information content (AvgIpc) is 3.32. The number of carbonyl (C=O) groups is 1. The van der Waals surface area contributed by atoms with Crippen molar-refractivity contribution in [1.82, 2.24) is 23.9 Å². The van der Waals surface area contributed by atoms with Gasteiger partial charge in [0, 0.05) is 37.3 Å². The van der Waals surface area contributed by atoms with Crippen LogP contribution in [0.3, 0.4) is 0 Å². The Morgan fingerprint density at radius 1 is 0.886 bits per heavy atom. The third-order valence-corrected chi connectivity index (χ3v) is 10.3. The largest absolute Gasteiger partial charge is 0.384 e. The van der Waals surface area contributed by atoms with Crippen molar-refractivity contribution in [1.29, 1.82) is 0 Å². The minimum atomic E-state index is -0.407. The molecule has 0 spiro atoms. The van der Waals surface area contributed by atoms with Crippen LogP contribution in [0.5, 0.6) is 0 Å². The van der Waals surface area contributed by atoms with Gasteiger partial charge in [0.15, 0.2) is 0 Å². The fourth-order valence-corrected chi connectivity index (χ4v) is 7.24. The molecule has 0 saturated carbocycles. The molecule has 11 heteroatoms. The zero-order valence-electron chi connectivity index (χ0n) is 24.9. The second-order valence-electron chi connectivity index (χ2n) is 12.1. The quantitative estimate of drug-likeness (QED) is 0.261. The summed E-state index contributed by atoms with van der Waals surface area (Å²) < 4.78 is 17.9. The number of nitrogen functional groups attached to an aromatic ring is 1. The van der Waals surface area contributed by atoms with Crippen LogP contribution in [-0.4, -0.2) is 56.0 Å². The fraction of sp³-hybridized carbons (Fsp3) is 0.424. The Kier molecular flexibility index (Phi) is 8.72. The number of likely N-dealkylation sites (tertiary alicyclic amines) is 2. The highest BCUT2D eigenvalue weighted by Crippen LogP contribution is 2.33. The van der Waals surface area contributed by atoms with Crippen molar-refractivity contribution in [3.8, 4) is 0 Å². The topological polar surface area (TPSA) is 89.4 Å². The summed E-state index contributed by atoms with van der Waals surface area (Å²) in [5.41, 5.74) is 8.83. The number of pyridine rings is 1. The molecule has 2 fully saturated rings. The van der Waals surface area contributed by atoms with Crippen molar-refractivity contribution >= 4 is 46.0 Å². The average molecular weight is 640 g/mol. The van der Waals surface area contributed by atoms with Gasteiger partial charge in [0.25, 0.3) is 0 Å². The molecule has 2 atom stereocenters. The van der Waals surface area contributed by atoms with Crippen molar-refractivity contribution in [3.63, 3.8) is 0 Å². The monoisotopic (exact) mass is 638 g/mol. The number of nitrogens with two attached hydrogens (primary N) is 1. The van der Waals surface area contributed by atoms with Gasteiger partial charge in [0.1, 0.15) is 11.6 Å². The molecule has 6 rings (SSSR count). The van der Waals surface area contributed by atoms with Crippen LogP contribution in [0.15, 0.2) is 59.5 Å². The number of aromatic nitrogens is 3. The van der Waals surface area contributed by atoms with E-state index < -0.39 is 11.9 Å². The lowest BCUT2D eigenvalue weighted by atomic mass is 9.92. The minimum absolute atomic E-state index is 0.00262. The van der Waals surface area contributed by atoms with Gasteiger partial charge in [-0.05, 0) is 106 Å². The van der Waals surface area contributed by atoms with Crippen LogP contribution in [0.4, 0.5) is 10.2 Å². The van der Waals surface area contributed by atoms with Crippen molar-refractivity contribution in [2.75, 3.05) is 31.9 Å². The Balaban J connectivity index is 1.14. The summed E-state index contributed by atoms with van der Waals surface area (Å²) in [6.45, 7) is 6.92. The minimum Gasteiger partial charge on any atom is -0.384 e. The van der Waals surface area contributed by atoms with E-state index in [-0.39, 0.29) is 29.6 Å². The normalized spacial score (nSPS) is 18.5. The number of rotatable bonds is 6. The van der Waals surface area contributed by atoms with Crippen molar-refractivity contribution < 1.29 is 9.18 Å². The molecular formula is C33H37Cl2FN6O2. The molecule has 4 heterocycles. The summed E-state index contributed by atoms with van der Waals surface area (Å²) in [7, 11) is 0. The Morgan fingerprint density at radius 3 is 2.27 bits per heavy atom. The van der Waals surface area contributed by atoms with Gasteiger partial charge in [-0.25, -0.2) is 14.2 Å². The highest BCUT2D eigenvalue weighted by Gasteiger charge is 2.34. The lowest BCUT2D eigenvalue weighted by Crippen LogP contribution is -2.46. The standard InChI is InChI=1S/C33H37Cl2FN6O2/c1-20(24-7-12-38-31(37)18-24)39-13-8-22(9-14-39)32(43)40-15-10-26(11-16-40)42-29-6-4-25(36)19-30(29)41(33(42)44)21(2)23-3-5-27(34)28(35)17-23/h3-7,12,17-22,26H,8-11,13-16H2,1-2H3,(H2,37,38). The number of carbonyl (C=O) groups excluding carboxylic acids is 1. The number of amides is 1. The number of imidazole rings is 1. The van der Waals surface area contributed by atoms with Gasteiger partial charge in [-0.3, -0.25) is 18.8 Å². The van der Waals surface area contributed by atoms with Crippen LogP contribution in [0.2, 0.25) is 10.0 Å². The molecule has 2 unspecified atom stereocenters. The molecular weight excluding hydrogens is 602 g/mol. The van der Waals surface area contributed by atoms with Gasteiger partial charge in [-0.2, -0.15) is 0 Å². The molecule has 44 heavy (non-hydrogen) atoms. The maximum absolute atomic E-state index is 14.5. The van der Waals surface area contributed by atoms with E-state index in [0.29, 0.717) is 52.8 Å². The van der Waals surface area contributed by atoms with E-state index in [2.05, 4.69) is 16.8 Å². The van der Waals surface area contributed by atoms with E-state index in [1.807, 2.05) is 30.0 Å².